The van der Waals surface area contributed by atoms with Gasteiger partial charge >= 0.3 is 17.8 Å². The van der Waals surface area contributed by atoms with Crippen molar-refractivity contribution < 1.29 is 31.9 Å². The molecule has 2 heterocycles. The molecule has 0 radical (unpaired) electrons. The predicted octanol–water partition coefficient (Wildman–Crippen LogP) is 1.80. The zero-order chi connectivity index (χ0) is 17.3. The molecule has 0 unspecified atom stereocenters. The number of esters is 1. The summed E-state index contributed by atoms with van der Waals surface area (Å²) in [7, 11) is 2.83. The summed E-state index contributed by atoms with van der Waals surface area (Å²) in [6.07, 6.45) is -3.88. The van der Waals surface area contributed by atoms with E-state index in [0.29, 0.717) is 0 Å². The van der Waals surface area contributed by atoms with Crippen LogP contribution in [0.3, 0.4) is 0 Å². The van der Waals surface area contributed by atoms with Crippen LogP contribution in [0.2, 0.25) is 0 Å². The minimum Gasteiger partial charge on any atom is -0.462 e. The maximum absolute atomic E-state index is 13.6. The van der Waals surface area contributed by atoms with E-state index >= 15 is 0 Å². The van der Waals surface area contributed by atoms with Crippen LogP contribution in [0.5, 0.6) is 0 Å². The lowest BCUT2D eigenvalue weighted by atomic mass is 10.1. The van der Waals surface area contributed by atoms with Crippen LogP contribution >= 0.6 is 0 Å². The van der Waals surface area contributed by atoms with Crippen LogP contribution in [0.1, 0.15) is 12.7 Å². The quantitative estimate of drug-likeness (QED) is 0.788. The van der Waals surface area contributed by atoms with Crippen molar-refractivity contribution in [3.63, 3.8) is 0 Å². The molecule has 0 saturated carbocycles. The third-order valence-electron chi connectivity index (χ3n) is 2.78. The molecule has 0 amide bonds. The number of furan rings is 1. The molecule has 2 rings (SSSR count). The Morgan fingerprint density at radius 2 is 2.09 bits per heavy atom. The van der Waals surface area contributed by atoms with Gasteiger partial charge in [0.25, 0.3) is 11.9 Å². The van der Waals surface area contributed by atoms with Gasteiger partial charge < -0.3 is 18.8 Å². The van der Waals surface area contributed by atoms with Gasteiger partial charge in [-0.05, 0) is 19.1 Å². The Kier molecular flexibility index (Phi) is 4.35. The fourth-order valence-corrected chi connectivity index (χ4v) is 1.70. The van der Waals surface area contributed by atoms with Gasteiger partial charge in [-0.2, -0.15) is 23.2 Å². The second-order valence-electron chi connectivity index (χ2n) is 4.68. The molecule has 23 heavy (non-hydrogen) atoms. The number of alkyl halides is 3. The first-order valence-electron chi connectivity index (χ1n) is 6.54. The summed E-state index contributed by atoms with van der Waals surface area (Å²) in [6.45, 7) is 1.13. The molecule has 1 aromatic heterocycles. The first-order chi connectivity index (χ1) is 10.7. The second-order valence-corrected chi connectivity index (χ2v) is 4.68. The number of carbonyl (C=O) groups is 1. The van der Waals surface area contributed by atoms with Gasteiger partial charge in [0.1, 0.15) is 0 Å². The van der Waals surface area contributed by atoms with Crippen molar-refractivity contribution in [3.05, 3.63) is 24.2 Å². The molecule has 0 fully saturated rings. The van der Waals surface area contributed by atoms with E-state index in [1.807, 2.05) is 0 Å². The number of hydrogen-bond acceptors (Lipinski definition) is 7. The average Bonchev–Trinajstić information content (AvgIpc) is 2.99. The van der Waals surface area contributed by atoms with E-state index in [4.69, 9.17) is 9.15 Å². The number of hydrogen-bond donors (Lipinski definition) is 0. The third kappa shape index (κ3) is 3.01. The van der Waals surface area contributed by atoms with E-state index in [-0.39, 0.29) is 12.4 Å². The number of halogens is 3. The first-order valence-corrected chi connectivity index (χ1v) is 6.54. The molecule has 0 aromatic carbocycles. The topological polar surface area (TPSA) is 76.6 Å². The van der Waals surface area contributed by atoms with Crippen LogP contribution in [0, 0.1) is 0 Å². The van der Waals surface area contributed by atoms with Gasteiger partial charge in [0.15, 0.2) is 5.76 Å². The summed E-state index contributed by atoms with van der Waals surface area (Å²) in [5.41, 5.74) is -3.44. The van der Waals surface area contributed by atoms with Gasteiger partial charge in [0.2, 0.25) is 0 Å². The maximum Gasteiger partial charge on any atom is 0.446 e. The van der Waals surface area contributed by atoms with Crippen LogP contribution in [0.25, 0.3) is 0 Å². The van der Waals surface area contributed by atoms with Crippen molar-refractivity contribution in [2.75, 3.05) is 20.7 Å². The van der Waals surface area contributed by atoms with E-state index in [1.165, 1.54) is 44.3 Å². The normalized spacial score (nSPS) is 21.1. The highest BCUT2D eigenvalue weighted by Gasteiger charge is 2.65. The summed E-state index contributed by atoms with van der Waals surface area (Å²) in [4.78, 5) is 19.9. The van der Waals surface area contributed by atoms with E-state index in [1.54, 1.807) is 0 Å². The monoisotopic (exact) mass is 333 g/mol. The lowest BCUT2D eigenvalue weighted by molar-refractivity contribution is -0.204. The summed E-state index contributed by atoms with van der Waals surface area (Å²) in [6, 6.07) is 2.35. The molecule has 126 valence electrons. The largest absolute Gasteiger partial charge is 0.462 e. The van der Waals surface area contributed by atoms with Crippen LogP contribution in [-0.4, -0.2) is 55.3 Å². The van der Waals surface area contributed by atoms with Crippen molar-refractivity contribution in [3.8, 4) is 0 Å². The standard InChI is InChI=1S/C13H14F3N3O4/c1-4-21-10(20)12(13(14,15)16)17-9(8-6-5-7-22-8)23-11(18-12)19(2)3/h5-7H,4H2,1-3H3/t12-/m1/s1. The van der Waals surface area contributed by atoms with Crippen molar-refractivity contribution in [1.82, 2.24) is 4.90 Å². The average molecular weight is 333 g/mol. The Balaban J connectivity index is 2.63. The van der Waals surface area contributed by atoms with E-state index in [0.717, 1.165) is 0 Å². The second kappa shape index (κ2) is 5.94. The summed E-state index contributed by atoms with van der Waals surface area (Å²) in [5, 5.41) is 0. The number of ether oxygens (including phenoxy) is 2. The molecule has 1 atom stereocenters. The molecule has 7 nitrogen and oxygen atoms in total. The maximum atomic E-state index is 13.6. The van der Waals surface area contributed by atoms with Crippen LogP contribution in [0.4, 0.5) is 13.2 Å². The molecule has 0 saturated heterocycles. The number of rotatable bonds is 3. The Morgan fingerprint density at radius 1 is 1.39 bits per heavy atom. The SMILES string of the molecule is CCOC(=O)[C@@]1(C(F)(F)F)N=C(c2ccco2)OC(N(C)C)=N1. The van der Waals surface area contributed by atoms with E-state index in [2.05, 4.69) is 14.7 Å². The predicted molar refractivity (Wildman–Crippen MR) is 72.9 cm³/mol. The molecule has 0 bridgehead atoms. The molecule has 10 heteroatoms. The number of amidine groups is 1. The highest BCUT2D eigenvalue weighted by atomic mass is 19.4. The van der Waals surface area contributed by atoms with Gasteiger partial charge in [-0.15, -0.1) is 0 Å². The van der Waals surface area contributed by atoms with Crippen LogP contribution in [0.15, 0.2) is 32.8 Å². The number of aliphatic imine (C=N–C) groups is 2. The third-order valence-corrected chi connectivity index (χ3v) is 2.78. The van der Waals surface area contributed by atoms with Gasteiger partial charge in [0, 0.05) is 14.1 Å². The zero-order valence-corrected chi connectivity index (χ0v) is 12.5. The number of carbonyl (C=O) groups excluding carboxylic acids is 1. The minimum atomic E-state index is -5.12. The fraction of sp³-hybridized carbons (Fsp3) is 0.462. The summed E-state index contributed by atoms with van der Waals surface area (Å²) in [5.74, 6) is -2.23. The fourth-order valence-electron chi connectivity index (χ4n) is 1.70. The van der Waals surface area contributed by atoms with Crippen molar-refractivity contribution in [1.29, 1.82) is 0 Å². The molecule has 0 spiro atoms. The van der Waals surface area contributed by atoms with Crippen molar-refractivity contribution >= 4 is 17.9 Å². The Hall–Kier alpha value is -2.52. The molecule has 0 aliphatic carbocycles. The molecule has 1 aliphatic rings. The first kappa shape index (κ1) is 16.8. The Bertz CT molecular complexity index is 637. The van der Waals surface area contributed by atoms with Gasteiger partial charge in [-0.1, -0.05) is 0 Å². The molecular weight excluding hydrogens is 319 g/mol. The van der Waals surface area contributed by atoms with E-state index in [9.17, 15) is 18.0 Å². The summed E-state index contributed by atoms with van der Waals surface area (Å²) >= 11 is 0. The van der Waals surface area contributed by atoms with Gasteiger partial charge in [-0.25, -0.2) is 4.79 Å². The molecule has 0 N–H and O–H groups in total. The van der Waals surface area contributed by atoms with Crippen LogP contribution < -0.4 is 0 Å². The summed E-state index contributed by atoms with van der Waals surface area (Å²) < 4.78 is 55.5. The smallest absolute Gasteiger partial charge is 0.446 e. The van der Waals surface area contributed by atoms with E-state index < -0.39 is 29.7 Å². The Labute approximate surface area is 129 Å². The van der Waals surface area contributed by atoms with Crippen molar-refractivity contribution in [2.45, 2.75) is 18.8 Å². The Morgan fingerprint density at radius 3 is 2.57 bits per heavy atom. The highest BCUT2D eigenvalue weighted by Crippen LogP contribution is 2.39. The highest BCUT2D eigenvalue weighted by molar-refractivity contribution is 6.04. The van der Waals surface area contributed by atoms with Gasteiger partial charge in [-0.3, -0.25) is 0 Å². The minimum absolute atomic E-state index is 0.0721. The zero-order valence-electron chi connectivity index (χ0n) is 12.5. The lowest BCUT2D eigenvalue weighted by Gasteiger charge is -2.31. The molecule has 1 aliphatic heterocycles. The van der Waals surface area contributed by atoms with Crippen molar-refractivity contribution in [2.24, 2.45) is 9.98 Å². The van der Waals surface area contributed by atoms with Gasteiger partial charge in [0.05, 0.1) is 12.9 Å². The lowest BCUT2D eigenvalue weighted by Crippen LogP contribution is -2.54. The number of nitrogens with zero attached hydrogens (tertiary/aromatic N) is 3. The van der Waals surface area contributed by atoms with Crippen LogP contribution in [-0.2, 0) is 14.3 Å². The molecular formula is C13H14F3N3O4. The molecule has 1 aromatic rings.